The molecule has 0 amide bonds. The van der Waals surface area contributed by atoms with Crippen LogP contribution in [0.4, 0.5) is 0 Å². The van der Waals surface area contributed by atoms with Crippen LogP contribution in [0.1, 0.15) is 36.4 Å². The Balaban J connectivity index is 2.36. The van der Waals surface area contributed by atoms with Crippen molar-refractivity contribution >= 4 is 43.1 Å². The van der Waals surface area contributed by atoms with Gasteiger partial charge in [-0.2, -0.15) is 0 Å². The molecule has 3 rings (SSSR count). The molecule has 4 heteroatoms. The smallest absolute Gasteiger partial charge is 0.0773 e. The fraction of sp³-hybridized carbons (Fsp3) is 0.211. The Morgan fingerprint density at radius 1 is 1.00 bits per heavy atom. The number of hydrogen-bond donors (Lipinski definition) is 1. The van der Waals surface area contributed by atoms with Gasteiger partial charge in [-0.3, -0.25) is 4.99 Å². The van der Waals surface area contributed by atoms with Gasteiger partial charge in [0.1, 0.15) is 0 Å². The first-order valence-corrected chi connectivity index (χ1v) is 9.07. The van der Waals surface area contributed by atoms with Gasteiger partial charge in [0.15, 0.2) is 0 Å². The van der Waals surface area contributed by atoms with Gasteiger partial charge >= 0.3 is 0 Å². The first kappa shape index (κ1) is 16.5. The Bertz CT molecular complexity index is 868. The third-order valence-electron chi connectivity index (χ3n) is 4.18. The Morgan fingerprint density at radius 2 is 1.65 bits per heavy atom. The molecule has 1 N–H and O–H groups in total. The molecule has 118 valence electrons. The molecule has 2 heterocycles. The van der Waals surface area contributed by atoms with Crippen molar-refractivity contribution < 1.29 is 0 Å². The summed E-state index contributed by atoms with van der Waals surface area (Å²) in [5.74, 6) is 0. The van der Waals surface area contributed by atoms with Gasteiger partial charge in [-0.25, -0.2) is 0 Å². The molecule has 23 heavy (non-hydrogen) atoms. The normalized spacial score (nSPS) is 16.9. The molecule has 0 spiro atoms. The van der Waals surface area contributed by atoms with E-state index in [1.54, 1.807) is 0 Å². The second kappa shape index (κ2) is 6.25. The third kappa shape index (κ3) is 2.79. The second-order valence-electron chi connectivity index (χ2n) is 5.79. The average Bonchev–Trinajstić information content (AvgIpc) is 2.95. The van der Waals surface area contributed by atoms with E-state index in [-0.39, 0.29) is 0 Å². The predicted octanol–water partition coefficient (Wildman–Crippen LogP) is 6.30. The zero-order chi connectivity index (χ0) is 16.7. The molecular weight excluding hydrogens is 416 g/mol. The van der Waals surface area contributed by atoms with Crippen LogP contribution in [0.3, 0.4) is 0 Å². The summed E-state index contributed by atoms with van der Waals surface area (Å²) in [5.41, 5.74) is 8.98. The van der Waals surface area contributed by atoms with Crippen LogP contribution in [0.2, 0.25) is 0 Å². The van der Waals surface area contributed by atoms with E-state index < -0.39 is 0 Å². The van der Waals surface area contributed by atoms with Crippen molar-refractivity contribution in [1.82, 2.24) is 4.98 Å². The molecule has 0 atom stereocenters. The molecule has 0 radical (unpaired) electrons. The predicted molar refractivity (Wildman–Crippen MR) is 105 cm³/mol. The third-order valence-corrected chi connectivity index (χ3v) is 6.53. The Kier molecular flexibility index (Phi) is 4.47. The van der Waals surface area contributed by atoms with Gasteiger partial charge < -0.3 is 4.98 Å². The van der Waals surface area contributed by atoms with Crippen molar-refractivity contribution in [3.63, 3.8) is 0 Å². The number of hydrogen-bond acceptors (Lipinski definition) is 1. The van der Waals surface area contributed by atoms with E-state index in [4.69, 9.17) is 4.99 Å². The summed E-state index contributed by atoms with van der Waals surface area (Å²) in [4.78, 5) is 8.35. The lowest BCUT2D eigenvalue weighted by atomic mass is 9.96. The van der Waals surface area contributed by atoms with Gasteiger partial charge in [0, 0.05) is 20.2 Å². The minimum Gasteiger partial charge on any atom is -0.357 e. The Hall–Kier alpha value is -1.39. The van der Waals surface area contributed by atoms with Crippen LogP contribution in [0.25, 0.3) is 5.57 Å². The fourth-order valence-corrected chi connectivity index (χ4v) is 3.47. The van der Waals surface area contributed by atoms with Crippen LogP contribution in [-0.4, -0.2) is 10.7 Å². The standard InChI is InChI=1S/C19H18Br2N2/c1-10-16(20)12(3)22-18(10)15(14-8-6-5-7-9-14)19-11(2)17(21)13(4)23-19/h5-9,22H,1-4H3/b19-15-. The van der Waals surface area contributed by atoms with Crippen molar-refractivity contribution in [3.8, 4) is 0 Å². The Morgan fingerprint density at radius 3 is 2.13 bits per heavy atom. The summed E-state index contributed by atoms with van der Waals surface area (Å²) in [5, 5.41) is 0. The van der Waals surface area contributed by atoms with E-state index in [2.05, 4.69) is 81.9 Å². The quantitative estimate of drug-likeness (QED) is 0.575. The first-order valence-electron chi connectivity index (χ1n) is 7.49. The molecule has 1 aromatic heterocycles. The number of aryl methyl sites for hydroxylation is 1. The number of benzene rings is 1. The number of nitrogens with one attached hydrogen (secondary N) is 1. The van der Waals surface area contributed by atoms with Gasteiger partial charge in [0.2, 0.25) is 0 Å². The average molecular weight is 434 g/mol. The lowest BCUT2D eigenvalue weighted by molar-refractivity contribution is 1.21. The van der Waals surface area contributed by atoms with Gasteiger partial charge in [-0.1, -0.05) is 30.3 Å². The minimum atomic E-state index is 1.02. The maximum Gasteiger partial charge on any atom is 0.0773 e. The van der Waals surface area contributed by atoms with Crippen molar-refractivity contribution in [2.75, 3.05) is 0 Å². The molecular formula is C19H18Br2N2. The zero-order valence-electron chi connectivity index (χ0n) is 13.6. The monoisotopic (exact) mass is 432 g/mol. The summed E-state index contributed by atoms with van der Waals surface area (Å²) < 4.78 is 2.21. The van der Waals surface area contributed by atoms with Gasteiger partial charge in [-0.15, -0.1) is 0 Å². The summed E-state index contributed by atoms with van der Waals surface area (Å²) >= 11 is 7.33. The van der Waals surface area contributed by atoms with Crippen LogP contribution >= 0.6 is 31.9 Å². The number of aromatic nitrogens is 1. The van der Waals surface area contributed by atoms with E-state index in [0.717, 1.165) is 42.9 Å². The molecule has 1 aromatic carbocycles. The second-order valence-corrected chi connectivity index (χ2v) is 7.38. The number of halogens is 2. The van der Waals surface area contributed by atoms with Crippen LogP contribution in [0.15, 0.2) is 55.5 Å². The molecule has 1 aliphatic heterocycles. The van der Waals surface area contributed by atoms with Gasteiger partial charge in [0.25, 0.3) is 0 Å². The number of rotatable bonds is 2. The zero-order valence-corrected chi connectivity index (χ0v) is 16.8. The van der Waals surface area contributed by atoms with E-state index in [1.807, 2.05) is 13.0 Å². The maximum absolute atomic E-state index is 4.82. The molecule has 0 saturated carbocycles. The lowest BCUT2D eigenvalue weighted by Gasteiger charge is -2.12. The number of H-pyrrole nitrogens is 1. The van der Waals surface area contributed by atoms with Crippen molar-refractivity contribution in [1.29, 1.82) is 0 Å². The topological polar surface area (TPSA) is 28.1 Å². The molecule has 2 nitrogen and oxygen atoms in total. The highest BCUT2D eigenvalue weighted by Gasteiger charge is 2.24. The fourth-order valence-electron chi connectivity index (χ4n) is 2.90. The summed E-state index contributed by atoms with van der Waals surface area (Å²) in [7, 11) is 0. The van der Waals surface area contributed by atoms with E-state index >= 15 is 0 Å². The van der Waals surface area contributed by atoms with Crippen LogP contribution in [0, 0.1) is 13.8 Å². The van der Waals surface area contributed by atoms with Crippen molar-refractivity contribution in [2.45, 2.75) is 27.7 Å². The van der Waals surface area contributed by atoms with Crippen LogP contribution in [-0.2, 0) is 0 Å². The summed E-state index contributed by atoms with van der Waals surface area (Å²) in [6, 6.07) is 10.4. The molecule has 0 saturated heterocycles. The minimum absolute atomic E-state index is 1.02. The maximum atomic E-state index is 4.82. The number of aromatic amines is 1. The number of nitrogens with zero attached hydrogens (tertiary/aromatic N) is 1. The lowest BCUT2D eigenvalue weighted by Crippen LogP contribution is -1.96. The molecule has 1 aliphatic rings. The van der Waals surface area contributed by atoms with Gasteiger partial charge in [-0.05, 0) is 76.3 Å². The first-order chi connectivity index (χ1) is 10.9. The molecule has 0 bridgehead atoms. The number of allylic oxidation sites excluding steroid dienone is 2. The van der Waals surface area contributed by atoms with E-state index in [1.165, 1.54) is 11.1 Å². The SMILES string of the molecule is CC1=N/C(=C(/c2ccccc2)c2[nH]c(C)c(Br)c2C)C(C)=C1Br. The largest absolute Gasteiger partial charge is 0.357 e. The summed E-state index contributed by atoms with van der Waals surface area (Å²) in [6.07, 6.45) is 0. The number of aliphatic imine (C=N–C) groups is 1. The highest BCUT2D eigenvalue weighted by atomic mass is 79.9. The molecule has 0 aliphatic carbocycles. The highest BCUT2D eigenvalue weighted by molar-refractivity contribution is 9.12. The van der Waals surface area contributed by atoms with Gasteiger partial charge in [0.05, 0.1) is 17.1 Å². The van der Waals surface area contributed by atoms with Crippen molar-refractivity contribution in [2.24, 2.45) is 4.99 Å². The van der Waals surface area contributed by atoms with Crippen LogP contribution < -0.4 is 0 Å². The van der Waals surface area contributed by atoms with Crippen LogP contribution in [0.5, 0.6) is 0 Å². The summed E-state index contributed by atoms with van der Waals surface area (Å²) in [6.45, 7) is 8.36. The molecule has 2 aromatic rings. The highest BCUT2D eigenvalue weighted by Crippen LogP contribution is 2.40. The Labute approximate surface area is 153 Å². The van der Waals surface area contributed by atoms with E-state index in [0.29, 0.717) is 0 Å². The molecule has 0 fully saturated rings. The van der Waals surface area contributed by atoms with Crippen molar-refractivity contribution in [3.05, 3.63) is 73.1 Å². The molecule has 0 unspecified atom stereocenters. The van der Waals surface area contributed by atoms with E-state index in [9.17, 15) is 0 Å².